The zero-order chi connectivity index (χ0) is 16.8. The number of allylic oxidation sites excluding steroid dienone is 2. The highest BCUT2D eigenvalue weighted by Crippen LogP contribution is 2.59. The molecule has 1 aromatic heterocycles. The van der Waals surface area contributed by atoms with Gasteiger partial charge in [0.1, 0.15) is 0 Å². The summed E-state index contributed by atoms with van der Waals surface area (Å²) < 4.78 is 1.94. The van der Waals surface area contributed by atoms with E-state index in [0.29, 0.717) is 5.92 Å². The Morgan fingerprint density at radius 1 is 1.39 bits per heavy atom. The summed E-state index contributed by atoms with van der Waals surface area (Å²) in [6.07, 6.45) is 4.08. The Morgan fingerprint density at radius 2 is 2.13 bits per heavy atom. The summed E-state index contributed by atoms with van der Waals surface area (Å²) in [5, 5.41) is 8.53. The average molecular weight is 311 g/mol. The topological polar surface area (TPSA) is 46.9 Å². The molecule has 1 saturated carbocycles. The highest BCUT2D eigenvalue weighted by atomic mass is 16.2. The van der Waals surface area contributed by atoms with Crippen molar-refractivity contribution in [2.75, 3.05) is 5.32 Å². The van der Waals surface area contributed by atoms with Gasteiger partial charge in [0.2, 0.25) is 5.91 Å². The predicted octanol–water partition coefficient (Wildman–Crippen LogP) is 4.23. The van der Waals surface area contributed by atoms with Crippen LogP contribution in [0.3, 0.4) is 0 Å². The first-order valence-corrected chi connectivity index (χ1v) is 8.26. The summed E-state index contributed by atoms with van der Waals surface area (Å²) in [5.74, 6) is 0.487. The Labute approximate surface area is 137 Å². The number of aromatic nitrogens is 2. The van der Waals surface area contributed by atoms with E-state index in [9.17, 15) is 4.79 Å². The molecule has 0 saturated heterocycles. The molecule has 4 heteroatoms. The standard InChI is InChI=1S/C19H25N3O/c1-6-22-16-10-14(8-7-13(16)11-20-22)21-18(23)17-15(9-12(2)3)19(17,4)5/h7-11,15,17H,6H2,1-5H3,(H,21,23)/t15-,17-/m0/s1. The van der Waals surface area contributed by atoms with Crippen molar-refractivity contribution in [1.82, 2.24) is 9.78 Å². The fourth-order valence-electron chi connectivity index (χ4n) is 3.47. The Balaban J connectivity index is 1.80. The molecule has 1 amide bonds. The van der Waals surface area contributed by atoms with Crippen LogP contribution in [0.15, 0.2) is 36.0 Å². The van der Waals surface area contributed by atoms with E-state index < -0.39 is 0 Å². The summed E-state index contributed by atoms with van der Waals surface area (Å²) in [5.41, 5.74) is 3.21. The third-order valence-electron chi connectivity index (χ3n) is 4.92. The SMILES string of the molecule is CCn1ncc2ccc(NC(=O)[C@@H]3[C@H](C=C(C)C)C3(C)C)cc21. The number of fused-ring (bicyclic) bond motifs is 1. The van der Waals surface area contributed by atoms with Crippen molar-refractivity contribution in [3.63, 3.8) is 0 Å². The molecule has 1 N–H and O–H groups in total. The zero-order valence-corrected chi connectivity index (χ0v) is 14.6. The third kappa shape index (κ3) is 2.78. The number of nitrogens with one attached hydrogen (secondary N) is 1. The van der Waals surface area contributed by atoms with Crippen LogP contribution in [0.1, 0.15) is 34.6 Å². The number of aryl methyl sites for hydroxylation is 1. The molecule has 0 radical (unpaired) electrons. The van der Waals surface area contributed by atoms with Gasteiger partial charge >= 0.3 is 0 Å². The van der Waals surface area contributed by atoms with E-state index in [1.807, 2.05) is 29.1 Å². The largest absolute Gasteiger partial charge is 0.326 e. The molecule has 0 bridgehead atoms. The fraction of sp³-hybridized carbons (Fsp3) is 0.474. The first-order chi connectivity index (χ1) is 10.8. The maximum absolute atomic E-state index is 12.6. The molecular weight excluding hydrogens is 286 g/mol. The van der Waals surface area contributed by atoms with E-state index in [0.717, 1.165) is 23.1 Å². The normalized spacial score (nSPS) is 22.0. The van der Waals surface area contributed by atoms with Gasteiger partial charge in [-0.15, -0.1) is 0 Å². The number of benzene rings is 1. The quantitative estimate of drug-likeness (QED) is 0.859. The van der Waals surface area contributed by atoms with Gasteiger partial charge in [-0.05, 0) is 50.3 Å². The van der Waals surface area contributed by atoms with Crippen molar-refractivity contribution >= 4 is 22.5 Å². The molecule has 3 rings (SSSR count). The number of amides is 1. The molecule has 1 heterocycles. The number of carbonyl (C=O) groups is 1. The molecule has 1 aliphatic carbocycles. The summed E-state index contributed by atoms with van der Waals surface area (Å²) in [7, 11) is 0. The van der Waals surface area contributed by atoms with Gasteiger partial charge in [0, 0.05) is 17.6 Å². The van der Waals surface area contributed by atoms with Gasteiger partial charge in [0.15, 0.2) is 0 Å². The number of hydrogen-bond donors (Lipinski definition) is 1. The van der Waals surface area contributed by atoms with E-state index in [2.05, 4.69) is 51.1 Å². The average Bonchev–Trinajstić information content (AvgIpc) is 2.82. The van der Waals surface area contributed by atoms with Crippen molar-refractivity contribution < 1.29 is 4.79 Å². The van der Waals surface area contributed by atoms with Crippen LogP contribution in [0.2, 0.25) is 0 Å². The number of hydrogen-bond acceptors (Lipinski definition) is 2. The van der Waals surface area contributed by atoms with Crippen LogP contribution in [0.25, 0.3) is 10.9 Å². The van der Waals surface area contributed by atoms with Gasteiger partial charge in [-0.3, -0.25) is 9.48 Å². The molecule has 0 aliphatic heterocycles. The summed E-state index contributed by atoms with van der Waals surface area (Å²) in [6.45, 7) is 11.4. The van der Waals surface area contributed by atoms with Crippen LogP contribution in [0.4, 0.5) is 5.69 Å². The van der Waals surface area contributed by atoms with Gasteiger partial charge in [0.05, 0.1) is 17.6 Å². The number of carbonyl (C=O) groups excluding carboxylic acids is 1. The second kappa shape index (κ2) is 5.52. The number of anilines is 1. The second-order valence-electron chi connectivity index (χ2n) is 7.29. The van der Waals surface area contributed by atoms with Gasteiger partial charge in [-0.25, -0.2) is 0 Å². The van der Waals surface area contributed by atoms with Gasteiger partial charge in [-0.2, -0.15) is 5.10 Å². The van der Waals surface area contributed by atoms with Crippen LogP contribution in [0, 0.1) is 17.3 Å². The van der Waals surface area contributed by atoms with Gasteiger partial charge < -0.3 is 5.32 Å². The molecule has 1 aromatic carbocycles. The molecule has 122 valence electrons. The second-order valence-corrected chi connectivity index (χ2v) is 7.29. The first kappa shape index (κ1) is 15.8. The van der Waals surface area contributed by atoms with Crippen LogP contribution in [-0.2, 0) is 11.3 Å². The minimum atomic E-state index is 0.0383. The molecular formula is C19H25N3O. The fourth-order valence-corrected chi connectivity index (χ4v) is 3.47. The minimum absolute atomic E-state index is 0.0383. The van der Waals surface area contributed by atoms with Crippen molar-refractivity contribution in [1.29, 1.82) is 0 Å². The van der Waals surface area contributed by atoms with Gasteiger partial charge in [0.25, 0.3) is 0 Å². The smallest absolute Gasteiger partial charge is 0.228 e. The van der Waals surface area contributed by atoms with E-state index in [4.69, 9.17) is 0 Å². The first-order valence-electron chi connectivity index (χ1n) is 8.26. The molecule has 4 nitrogen and oxygen atoms in total. The number of rotatable bonds is 4. The molecule has 23 heavy (non-hydrogen) atoms. The lowest BCUT2D eigenvalue weighted by Gasteiger charge is -2.07. The highest BCUT2D eigenvalue weighted by Gasteiger charge is 2.60. The minimum Gasteiger partial charge on any atom is -0.326 e. The third-order valence-corrected chi connectivity index (χ3v) is 4.92. The highest BCUT2D eigenvalue weighted by molar-refractivity contribution is 5.97. The monoisotopic (exact) mass is 311 g/mol. The molecule has 2 aromatic rings. The Bertz CT molecular complexity index is 781. The Morgan fingerprint density at radius 3 is 2.78 bits per heavy atom. The predicted molar refractivity (Wildman–Crippen MR) is 94.2 cm³/mol. The maximum Gasteiger partial charge on any atom is 0.228 e. The van der Waals surface area contributed by atoms with Crippen LogP contribution < -0.4 is 5.32 Å². The summed E-state index contributed by atoms with van der Waals surface area (Å²) in [4.78, 5) is 12.6. The molecule has 1 aliphatic rings. The van der Waals surface area contributed by atoms with E-state index in [1.54, 1.807) is 0 Å². The zero-order valence-electron chi connectivity index (χ0n) is 14.6. The molecule has 0 unspecified atom stereocenters. The van der Waals surface area contributed by atoms with Crippen molar-refractivity contribution in [3.05, 3.63) is 36.0 Å². The van der Waals surface area contributed by atoms with E-state index in [1.165, 1.54) is 5.57 Å². The Kier molecular flexibility index (Phi) is 3.78. The van der Waals surface area contributed by atoms with Crippen LogP contribution >= 0.6 is 0 Å². The Hall–Kier alpha value is -2.10. The van der Waals surface area contributed by atoms with Crippen molar-refractivity contribution in [2.24, 2.45) is 17.3 Å². The van der Waals surface area contributed by atoms with Gasteiger partial charge in [-0.1, -0.05) is 25.5 Å². The van der Waals surface area contributed by atoms with E-state index >= 15 is 0 Å². The molecule has 0 spiro atoms. The lowest BCUT2D eigenvalue weighted by Crippen LogP contribution is -2.16. The van der Waals surface area contributed by atoms with Crippen molar-refractivity contribution in [2.45, 2.75) is 41.2 Å². The molecule has 2 atom stereocenters. The number of nitrogens with zero attached hydrogens (tertiary/aromatic N) is 2. The lowest BCUT2D eigenvalue weighted by molar-refractivity contribution is -0.118. The van der Waals surface area contributed by atoms with Crippen molar-refractivity contribution in [3.8, 4) is 0 Å². The maximum atomic E-state index is 12.6. The van der Waals surface area contributed by atoms with Crippen LogP contribution in [-0.4, -0.2) is 15.7 Å². The molecule has 1 fully saturated rings. The lowest BCUT2D eigenvalue weighted by atomic mass is 10.1. The van der Waals surface area contributed by atoms with E-state index in [-0.39, 0.29) is 17.2 Å². The summed E-state index contributed by atoms with van der Waals surface area (Å²) >= 11 is 0. The summed E-state index contributed by atoms with van der Waals surface area (Å²) in [6, 6.07) is 5.97. The van der Waals surface area contributed by atoms with Crippen LogP contribution in [0.5, 0.6) is 0 Å².